The van der Waals surface area contributed by atoms with E-state index in [-0.39, 0.29) is 11.2 Å². The molecule has 1 N–H and O–H groups in total. The Morgan fingerprint density at radius 1 is 1.37 bits per heavy atom. The number of nitrogens with zero attached hydrogens (tertiary/aromatic N) is 1. The van der Waals surface area contributed by atoms with Gasteiger partial charge in [0.15, 0.2) is 0 Å². The summed E-state index contributed by atoms with van der Waals surface area (Å²) < 4.78 is 13.9. The third kappa shape index (κ3) is 2.92. The van der Waals surface area contributed by atoms with Gasteiger partial charge in [-0.25, -0.2) is 4.39 Å². The van der Waals surface area contributed by atoms with Gasteiger partial charge < -0.3 is 10.0 Å². The van der Waals surface area contributed by atoms with Crippen LogP contribution >= 0.6 is 0 Å². The van der Waals surface area contributed by atoms with E-state index in [1.165, 1.54) is 6.07 Å². The lowest BCUT2D eigenvalue weighted by molar-refractivity contribution is 0.194. The Kier molecular flexibility index (Phi) is 3.86. The Balaban J connectivity index is 2.27. The quantitative estimate of drug-likeness (QED) is 0.880. The molecule has 1 unspecified atom stereocenters. The van der Waals surface area contributed by atoms with E-state index in [0.717, 1.165) is 25.2 Å². The van der Waals surface area contributed by atoms with E-state index < -0.39 is 6.10 Å². The molecular formula is C16H24FNO. The number of rotatable bonds is 2. The van der Waals surface area contributed by atoms with Crippen molar-refractivity contribution in [2.75, 3.05) is 18.0 Å². The third-order valence-electron chi connectivity index (χ3n) is 4.20. The molecule has 1 aromatic rings. The van der Waals surface area contributed by atoms with Gasteiger partial charge in [0.1, 0.15) is 5.82 Å². The predicted octanol–water partition coefficient (Wildman–Crippen LogP) is 3.75. The van der Waals surface area contributed by atoms with Crippen molar-refractivity contribution in [2.45, 2.75) is 40.2 Å². The summed E-state index contributed by atoms with van der Waals surface area (Å²) in [5.74, 6) is 0.296. The molecule has 106 valence electrons. The molecule has 1 fully saturated rings. The first-order valence-corrected chi connectivity index (χ1v) is 7.02. The van der Waals surface area contributed by atoms with Gasteiger partial charge in [-0.05, 0) is 36.8 Å². The summed E-state index contributed by atoms with van der Waals surface area (Å²) >= 11 is 0. The van der Waals surface area contributed by atoms with E-state index in [1.54, 1.807) is 13.0 Å². The molecule has 1 aromatic carbocycles. The fourth-order valence-corrected chi connectivity index (χ4v) is 2.90. The highest BCUT2D eigenvalue weighted by Gasteiger charge is 2.33. The van der Waals surface area contributed by atoms with Crippen LogP contribution in [0.4, 0.5) is 10.1 Å². The summed E-state index contributed by atoms with van der Waals surface area (Å²) in [6, 6.07) is 5.06. The van der Waals surface area contributed by atoms with Gasteiger partial charge in [-0.3, -0.25) is 0 Å². The molecule has 0 radical (unpaired) electrons. The zero-order chi connectivity index (χ0) is 14.2. The van der Waals surface area contributed by atoms with E-state index in [9.17, 15) is 9.50 Å². The zero-order valence-electron chi connectivity index (χ0n) is 12.3. The Morgan fingerprint density at radius 3 is 2.58 bits per heavy atom. The number of hydrogen-bond donors (Lipinski definition) is 1. The molecule has 0 spiro atoms. The maximum Gasteiger partial charge on any atom is 0.131 e. The van der Waals surface area contributed by atoms with Crippen molar-refractivity contribution in [1.29, 1.82) is 0 Å². The molecule has 0 saturated carbocycles. The molecule has 19 heavy (non-hydrogen) atoms. The first-order chi connectivity index (χ1) is 8.80. The monoisotopic (exact) mass is 265 g/mol. The van der Waals surface area contributed by atoms with Gasteiger partial charge in [-0.1, -0.05) is 26.8 Å². The second-order valence-corrected chi connectivity index (χ2v) is 6.65. The molecule has 0 aromatic heterocycles. The Labute approximate surface area is 115 Å². The largest absolute Gasteiger partial charge is 0.389 e. The second kappa shape index (κ2) is 5.12. The molecule has 1 aliphatic rings. The number of anilines is 1. The van der Waals surface area contributed by atoms with Crippen LogP contribution in [-0.4, -0.2) is 18.2 Å². The van der Waals surface area contributed by atoms with Crippen LogP contribution in [0.2, 0.25) is 0 Å². The summed E-state index contributed by atoms with van der Waals surface area (Å²) in [5, 5.41) is 9.80. The van der Waals surface area contributed by atoms with Gasteiger partial charge in [0.25, 0.3) is 0 Å². The van der Waals surface area contributed by atoms with Crippen molar-refractivity contribution in [1.82, 2.24) is 0 Å². The van der Waals surface area contributed by atoms with Crippen molar-refractivity contribution >= 4 is 5.69 Å². The summed E-state index contributed by atoms with van der Waals surface area (Å²) in [6.07, 6.45) is 0.351. The molecule has 2 nitrogen and oxygen atoms in total. The lowest BCUT2D eigenvalue weighted by Gasteiger charge is -2.28. The van der Waals surface area contributed by atoms with E-state index in [0.29, 0.717) is 11.5 Å². The Bertz CT molecular complexity index is 451. The number of hydrogen-bond acceptors (Lipinski definition) is 2. The summed E-state index contributed by atoms with van der Waals surface area (Å²) in [4.78, 5) is 2.21. The SMILES string of the molecule is C[C@@H](O)c1c(F)cccc1N1CCC(C(C)(C)C)C1. The number of aliphatic hydroxyl groups is 1. The van der Waals surface area contributed by atoms with Crippen LogP contribution in [-0.2, 0) is 0 Å². The highest BCUT2D eigenvalue weighted by atomic mass is 19.1. The highest BCUT2D eigenvalue weighted by molar-refractivity contribution is 5.56. The molecule has 1 aliphatic heterocycles. The van der Waals surface area contributed by atoms with E-state index in [1.807, 2.05) is 6.07 Å². The van der Waals surface area contributed by atoms with Gasteiger partial charge in [0, 0.05) is 24.3 Å². The van der Waals surface area contributed by atoms with Crippen LogP contribution in [0.5, 0.6) is 0 Å². The molecular weight excluding hydrogens is 241 g/mol. The number of benzene rings is 1. The number of halogens is 1. The van der Waals surface area contributed by atoms with Crippen molar-refractivity contribution < 1.29 is 9.50 Å². The molecule has 1 saturated heterocycles. The first kappa shape index (κ1) is 14.3. The standard InChI is InChI=1S/C16H24FNO/c1-11(19)15-13(17)6-5-7-14(15)18-9-8-12(10-18)16(2,3)4/h5-7,11-12,19H,8-10H2,1-4H3/t11-,12?/m1/s1. The Morgan fingerprint density at radius 2 is 2.05 bits per heavy atom. The minimum absolute atomic E-state index is 0.271. The summed E-state index contributed by atoms with van der Waals surface area (Å²) in [6.45, 7) is 10.3. The van der Waals surface area contributed by atoms with Gasteiger partial charge in [-0.15, -0.1) is 0 Å². The molecule has 1 heterocycles. The smallest absolute Gasteiger partial charge is 0.131 e. The normalized spacial score (nSPS) is 21.8. The number of aliphatic hydroxyl groups excluding tert-OH is 1. The minimum atomic E-state index is -0.773. The van der Waals surface area contributed by atoms with Crippen LogP contribution in [0, 0.1) is 17.2 Å². The fourth-order valence-electron chi connectivity index (χ4n) is 2.90. The minimum Gasteiger partial charge on any atom is -0.389 e. The maximum atomic E-state index is 13.9. The molecule has 2 rings (SSSR count). The summed E-state index contributed by atoms with van der Waals surface area (Å²) in [5.41, 5.74) is 1.55. The molecule has 3 heteroatoms. The van der Waals surface area contributed by atoms with Crippen LogP contribution in [0.1, 0.15) is 45.8 Å². The first-order valence-electron chi connectivity index (χ1n) is 7.02. The average Bonchev–Trinajstić information content (AvgIpc) is 2.76. The van der Waals surface area contributed by atoms with Crippen LogP contribution in [0.25, 0.3) is 0 Å². The molecule has 2 atom stereocenters. The zero-order valence-corrected chi connectivity index (χ0v) is 12.3. The van der Waals surface area contributed by atoms with Crippen molar-refractivity contribution in [3.63, 3.8) is 0 Å². The van der Waals surface area contributed by atoms with Crippen molar-refractivity contribution in [3.05, 3.63) is 29.6 Å². The topological polar surface area (TPSA) is 23.5 Å². The van der Waals surface area contributed by atoms with Crippen LogP contribution in [0.15, 0.2) is 18.2 Å². The van der Waals surface area contributed by atoms with Crippen molar-refractivity contribution in [3.8, 4) is 0 Å². The van der Waals surface area contributed by atoms with E-state index >= 15 is 0 Å². The fraction of sp³-hybridized carbons (Fsp3) is 0.625. The van der Waals surface area contributed by atoms with Crippen LogP contribution in [0.3, 0.4) is 0 Å². The van der Waals surface area contributed by atoms with Gasteiger partial charge >= 0.3 is 0 Å². The van der Waals surface area contributed by atoms with Crippen molar-refractivity contribution in [2.24, 2.45) is 11.3 Å². The molecule has 0 amide bonds. The lowest BCUT2D eigenvalue weighted by atomic mass is 9.80. The van der Waals surface area contributed by atoms with Crippen LogP contribution < -0.4 is 4.90 Å². The molecule has 0 bridgehead atoms. The third-order valence-corrected chi connectivity index (χ3v) is 4.20. The predicted molar refractivity (Wildman–Crippen MR) is 76.8 cm³/mol. The van der Waals surface area contributed by atoms with Gasteiger partial charge in [-0.2, -0.15) is 0 Å². The summed E-state index contributed by atoms with van der Waals surface area (Å²) in [7, 11) is 0. The van der Waals surface area contributed by atoms with E-state index in [4.69, 9.17) is 0 Å². The molecule has 0 aliphatic carbocycles. The van der Waals surface area contributed by atoms with Gasteiger partial charge in [0.2, 0.25) is 0 Å². The average molecular weight is 265 g/mol. The second-order valence-electron chi connectivity index (χ2n) is 6.65. The Hall–Kier alpha value is -1.09. The lowest BCUT2D eigenvalue weighted by Crippen LogP contribution is -2.26. The van der Waals surface area contributed by atoms with Gasteiger partial charge in [0.05, 0.1) is 6.10 Å². The van der Waals surface area contributed by atoms with E-state index in [2.05, 4.69) is 25.7 Å². The maximum absolute atomic E-state index is 13.9. The highest BCUT2D eigenvalue weighted by Crippen LogP contribution is 2.38.